The largest absolute Gasteiger partial charge is 0.419 e. The molecule has 0 aliphatic carbocycles. The maximum Gasteiger partial charge on any atom is 0.419 e. The van der Waals surface area contributed by atoms with E-state index in [0.29, 0.717) is 34.1 Å². The highest BCUT2D eigenvalue weighted by Gasteiger charge is 2.36. The van der Waals surface area contributed by atoms with E-state index < -0.39 is 58.2 Å². The van der Waals surface area contributed by atoms with Crippen molar-refractivity contribution in [3.63, 3.8) is 0 Å². The van der Waals surface area contributed by atoms with Crippen LogP contribution in [0.5, 0.6) is 0 Å². The Morgan fingerprint density at radius 1 is 0.863 bits per heavy atom. The smallest absolute Gasteiger partial charge is 0.367 e. The van der Waals surface area contributed by atoms with Gasteiger partial charge < -0.3 is 10.6 Å². The molecule has 268 valence electrons. The zero-order valence-electron chi connectivity index (χ0n) is 27.1. The van der Waals surface area contributed by atoms with E-state index in [1.54, 1.807) is 30.3 Å². The summed E-state index contributed by atoms with van der Waals surface area (Å²) in [5, 5.41) is 0.517. The van der Waals surface area contributed by atoms with Crippen LogP contribution in [0.3, 0.4) is 0 Å². The van der Waals surface area contributed by atoms with Gasteiger partial charge in [0.2, 0.25) is 0 Å². The number of carbonyl (C=O) groups is 2. The summed E-state index contributed by atoms with van der Waals surface area (Å²) in [6.07, 6.45) is -9.68. The number of primary amides is 1. The zero-order valence-corrected chi connectivity index (χ0v) is 27.9. The molecule has 0 radical (unpaired) electrons. The van der Waals surface area contributed by atoms with Gasteiger partial charge >= 0.3 is 12.4 Å². The first-order valence-electron chi connectivity index (χ1n) is 15.2. The van der Waals surface area contributed by atoms with Gasteiger partial charge in [-0.25, -0.2) is 8.78 Å². The third-order valence-electron chi connectivity index (χ3n) is 7.81. The molecule has 2 amide bonds. The SMILES string of the molecule is CON(C(=O)c1c(C(N)=O)sc2cc(C(F)(F)F)ccc12)c1c(F)cc(CN(CC(C)C)c2ccc(F)c(C(F)(F)F)c2)cc1-c1ccccc1. The van der Waals surface area contributed by atoms with Crippen LogP contribution in [0.25, 0.3) is 21.2 Å². The lowest BCUT2D eigenvalue weighted by Crippen LogP contribution is -2.33. The standard InChI is InChI=1S/C36H29F8N3O3S/c1-19(2)17-46(23-10-12-27(37)26(16-23)36(42,43)44)18-20-13-25(21-7-5-4-6-8-21)31(28(38)14-20)47(50-3)34(49)30-24-11-9-22(35(39,40)41)15-29(24)51-32(30)33(45)48/h4-16,19H,17-18H2,1-3H3,(H2,45,48). The second-order valence-electron chi connectivity index (χ2n) is 11.9. The fourth-order valence-electron chi connectivity index (χ4n) is 5.68. The van der Waals surface area contributed by atoms with E-state index in [1.807, 2.05) is 13.8 Å². The van der Waals surface area contributed by atoms with E-state index in [-0.39, 0.29) is 50.8 Å². The maximum absolute atomic E-state index is 16.5. The number of carbonyl (C=O) groups excluding carboxylic acids is 2. The summed E-state index contributed by atoms with van der Waals surface area (Å²) in [4.78, 5) is 33.2. The van der Waals surface area contributed by atoms with E-state index >= 15 is 4.39 Å². The lowest BCUT2D eigenvalue weighted by atomic mass is 9.98. The third kappa shape index (κ3) is 7.84. The van der Waals surface area contributed by atoms with Gasteiger partial charge in [0.1, 0.15) is 22.2 Å². The van der Waals surface area contributed by atoms with E-state index in [2.05, 4.69) is 0 Å². The predicted octanol–water partition coefficient (Wildman–Crippen LogP) is 9.85. The molecule has 0 atom stereocenters. The van der Waals surface area contributed by atoms with Gasteiger partial charge in [-0.3, -0.25) is 14.4 Å². The molecule has 1 heterocycles. The summed E-state index contributed by atoms with van der Waals surface area (Å²) in [6, 6.07) is 15.9. The lowest BCUT2D eigenvalue weighted by molar-refractivity contribution is -0.140. The number of hydroxylamine groups is 1. The second kappa shape index (κ2) is 14.3. The van der Waals surface area contributed by atoms with Gasteiger partial charge in [0.15, 0.2) is 0 Å². The van der Waals surface area contributed by atoms with Crippen LogP contribution in [-0.2, 0) is 23.7 Å². The van der Waals surface area contributed by atoms with Gasteiger partial charge in [0.05, 0.1) is 23.8 Å². The number of alkyl halides is 6. The van der Waals surface area contributed by atoms with E-state index in [4.69, 9.17) is 10.6 Å². The molecule has 0 fully saturated rings. The minimum absolute atomic E-state index is 0.0360. The van der Waals surface area contributed by atoms with Gasteiger partial charge in [-0.15, -0.1) is 11.3 Å². The van der Waals surface area contributed by atoms with Crippen molar-refractivity contribution < 1.29 is 49.5 Å². The Hall–Kier alpha value is -5.02. The number of anilines is 2. The highest BCUT2D eigenvalue weighted by molar-refractivity contribution is 7.21. The molecule has 5 aromatic rings. The van der Waals surface area contributed by atoms with Crippen LogP contribution in [0.1, 0.15) is 50.6 Å². The van der Waals surface area contributed by atoms with Crippen LogP contribution in [0.4, 0.5) is 46.5 Å². The normalized spacial score (nSPS) is 12.1. The number of halogens is 8. The predicted molar refractivity (Wildman–Crippen MR) is 178 cm³/mol. The Kier molecular flexibility index (Phi) is 10.4. The van der Waals surface area contributed by atoms with E-state index in [0.717, 1.165) is 31.4 Å². The van der Waals surface area contributed by atoms with Crippen LogP contribution in [0, 0.1) is 17.6 Å². The van der Waals surface area contributed by atoms with Crippen LogP contribution in [0.15, 0.2) is 78.9 Å². The Morgan fingerprint density at radius 2 is 1.55 bits per heavy atom. The maximum atomic E-state index is 16.5. The Labute approximate surface area is 290 Å². The van der Waals surface area contributed by atoms with Gasteiger partial charge in [0, 0.05) is 34.4 Å². The molecule has 15 heteroatoms. The van der Waals surface area contributed by atoms with Crippen LogP contribution < -0.4 is 15.7 Å². The van der Waals surface area contributed by atoms with Crippen molar-refractivity contribution in [2.75, 3.05) is 23.6 Å². The first-order chi connectivity index (χ1) is 23.9. The molecule has 0 spiro atoms. The summed E-state index contributed by atoms with van der Waals surface area (Å²) in [6.45, 7) is 3.70. The Balaban J connectivity index is 1.65. The molecule has 0 aliphatic heterocycles. The quantitative estimate of drug-likeness (QED) is 0.115. The summed E-state index contributed by atoms with van der Waals surface area (Å²) >= 11 is 0.563. The zero-order chi connectivity index (χ0) is 37.4. The average Bonchev–Trinajstić information content (AvgIpc) is 3.44. The van der Waals surface area contributed by atoms with Crippen molar-refractivity contribution >= 4 is 44.6 Å². The fraction of sp³-hybridized carbons (Fsp3) is 0.222. The molecule has 5 rings (SSSR count). The number of nitrogens with two attached hydrogens (primary N) is 1. The lowest BCUT2D eigenvalue weighted by Gasteiger charge is -2.29. The Bertz CT molecular complexity index is 2100. The number of nitrogens with zero attached hydrogens (tertiary/aromatic N) is 2. The molecule has 4 aromatic carbocycles. The fourth-order valence-corrected chi connectivity index (χ4v) is 6.76. The van der Waals surface area contributed by atoms with Crippen LogP contribution >= 0.6 is 11.3 Å². The monoisotopic (exact) mass is 735 g/mol. The molecule has 0 saturated heterocycles. The number of rotatable bonds is 10. The molecular formula is C36H29F8N3O3S. The van der Waals surface area contributed by atoms with E-state index in [1.165, 1.54) is 17.0 Å². The molecule has 0 saturated carbocycles. The molecule has 6 nitrogen and oxygen atoms in total. The summed E-state index contributed by atoms with van der Waals surface area (Å²) in [5.74, 6) is -4.76. The van der Waals surface area contributed by atoms with E-state index in [9.17, 15) is 40.3 Å². The number of hydrogen-bond donors (Lipinski definition) is 1. The molecular weight excluding hydrogens is 706 g/mol. The van der Waals surface area contributed by atoms with Crippen molar-refractivity contribution in [3.8, 4) is 11.1 Å². The molecule has 0 unspecified atom stereocenters. The van der Waals surface area contributed by atoms with Gasteiger partial charge in [-0.2, -0.15) is 31.4 Å². The second-order valence-corrected chi connectivity index (χ2v) is 13.0. The number of fused-ring (bicyclic) bond motifs is 1. The number of benzene rings is 4. The van der Waals surface area contributed by atoms with Crippen LogP contribution in [0.2, 0.25) is 0 Å². The van der Waals surface area contributed by atoms with Crippen molar-refractivity contribution in [1.82, 2.24) is 0 Å². The Morgan fingerprint density at radius 3 is 2.14 bits per heavy atom. The summed E-state index contributed by atoms with van der Waals surface area (Å²) in [5.41, 5.74) is 3.01. The van der Waals surface area contributed by atoms with Crippen LogP contribution in [-0.4, -0.2) is 25.5 Å². The molecule has 0 aliphatic rings. The van der Waals surface area contributed by atoms with Gasteiger partial charge in [0.25, 0.3) is 11.8 Å². The number of hydrogen-bond acceptors (Lipinski definition) is 5. The van der Waals surface area contributed by atoms with Gasteiger partial charge in [-0.05, 0) is 59.5 Å². The first-order valence-corrected chi connectivity index (χ1v) is 16.0. The highest BCUT2D eigenvalue weighted by Crippen LogP contribution is 2.41. The molecule has 51 heavy (non-hydrogen) atoms. The van der Waals surface area contributed by atoms with Crippen molar-refractivity contribution in [3.05, 3.63) is 118 Å². The summed E-state index contributed by atoms with van der Waals surface area (Å²) in [7, 11) is 1.05. The summed E-state index contributed by atoms with van der Waals surface area (Å²) < 4.78 is 112. The van der Waals surface area contributed by atoms with Crippen molar-refractivity contribution in [2.24, 2.45) is 11.7 Å². The first kappa shape index (κ1) is 37.2. The number of thiophene rings is 1. The van der Waals surface area contributed by atoms with Crippen molar-refractivity contribution in [1.29, 1.82) is 0 Å². The molecule has 1 aromatic heterocycles. The minimum Gasteiger partial charge on any atom is -0.367 e. The van der Waals surface area contributed by atoms with Gasteiger partial charge in [-0.1, -0.05) is 50.2 Å². The molecule has 2 N–H and O–H groups in total. The highest BCUT2D eigenvalue weighted by atomic mass is 32.1. The molecule has 0 bridgehead atoms. The topological polar surface area (TPSA) is 75.9 Å². The average molecular weight is 736 g/mol. The minimum atomic E-state index is -4.96. The third-order valence-corrected chi connectivity index (χ3v) is 8.98. The number of amides is 2. The van der Waals surface area contributed by atoms with Crippen molar-refractivity contribution in [2.45, 2.75) is 32.7 Å².